The van der Waals surface area contributed by atoms with Crippen molar-refractivity contribution in [1.29, 1.82) is 0 Å². The van der Waals surface area contributed by atoms with Crippen molar-refractivity contribution in [3.63, 3.8) is 0 Å². The van der Waals surface area contributed by atoms with Crippen LogP contribution in [0.15, 0.2) is 73.1 Å². The van der Waals surface area contributed by atoms with Gasteiger partial charge in [-0.1, -0.05) is 18.2 Å². The van der Waals surface area contributed by atoms with Crippen molar-refractivity contribution in [3.05, 3.63) is 90.0 Å². The molecule has 0 bridgehead atoms. The number of anilines is 1. The average molecular weight is 482 g/mol. The van der Waals surface area contributed by atoms with E-state index in [-0.39, 0.29) is 31.4 Å². The fourth-order valence-electron chi connectivity index (χ4n) is 4.07. The van der Waals surface area contributed by atoms with Crippen LogP contribution in [0.4, 0.5) is 23.7 Å². The van der Waals surface area contributed by atoms with Crippen molar-refractivity contribution in [3.8, 4) is 0 Å². The van der Waals surface area contributed by atoms with Crippen LogP contribution in [0.25, 0.3) is 0 Å². The molecule has 0 aliphatic carbocycles. The maximum Gasteiger partial charge on any atom is 0.416 e. The summed E-state index contributed by atoms with van der Waals surface area (Å²) in [6, 6.07) is 13.3. The van der Waals surface area contributed by atoms with Gasteiger partial charge in [0.05, 0.1) is 11.3 Å². The number of rotatable bonds is 7. The molecule has 7 nitrogen and oxygen atoms in total. The van der Waals surface area contributed by atoms with Gasteiger partial charge in [-0.05, 0) is 68.1 Å². The molecule has 3 heterocycles. The Morgan fingerprint density at radius 1 is 0.829 bits per heavy atom. The first-order chi connectivity index (χ1) is 16.7. The third-order valence-electron chi connectivity index (χ3n) is 5.97. The van der Waals surface area contributed by atoms with Crippen molar-refractivity contribution in [2.45, 2.75) is 31.9 Å². The smallest absolute Gasteiger partial charge is 0.276 e. The maximum absolute atomic E-state index is 13.8. The number of benzene rings is 1. The highest BCUT2D eigenvalue weighted by atomic mass is 19.4. The summed E-state index contributed by atoms with van der Waals surface area (Å²) in [5, 5.41) is 2.19. The Labute approximate surface area is 199 Å². The molecule has 4 amide bonds. The van der Waals surface area contributed by atoms with Crippen LogP contribution < -0.4 is 10.2 Å². The van der Waals surface area contributed by atoms with E-state index in [9.17, 15) is 27.6 Å². The maximum atomic E-state index is 13.8. The fraction of sp³-hybridized carbons (Fsp3) is 0.240. The quantitative estimate of drug-likeness (QED) is 0.506. The Kier molecular flexibility index (Phi) is 6.63. The number of hydrogen-bond donors (Lipinski definition) is 1. The highest BCUT2D eigenvalue weighted by molar-refractivity contribution is 6.29. The monoisotopic (exact) mass is 482 g/mol. The van der Waals surface area contributed by atoms with E-state index < -0.39 is 35.0 Å². The largest absolute Gasteiger partial charge is 0.416 e. The standard InChI is InChI=1S/C25H21F3N4O3/c26-25(27,28)17-6-5-9-20(16-17)32-22(34)24(21(33)31-23(32)35,12-10-18-7-1-3-14-29-18)13-11-19-8-2-4-15-30-19/h1-9,14-16H,10-13H2,(H,31,33,35). The van der Waals surface area contributed by atoms with Gasteiger partial charge in [-0.25, -0.2) is 9.69 Å². The number of pyridine rings is 2. The summed E-state index contributed by atoms with van der Waals surface area (Å²) in [4.78, 5) is 48.7. The number of halogens is 3. The third-order valence-corrected chi connectivity index (χ3v) is 5.97. The summed E-state index contributed by atoms with van der Waals surface area (Å²) in [5.74, 6) is -1.67. The molecular weight excluding hydrogens is 461 g/mol. The summed E-state index contributed by atoms with van der Waals surface area (Å²) in [7, 11) is 0. The van der Waals surface area contributed by atoms with Crippen molar-refractivity contribution in [2.24, 2.45) is 5.41 Å². The minimum Gasteiger partial charge on any atom is -0.276 e. The first-order valence-electron chi connectivity index (χ1n) is 10.9. The van der Waals surface area contributed by atoms with Crippen molar-refractivity contribution in [2.75, 3.05) is 4.90 Å². The first-order valence-corrected chi connectivity index (χ1v) is 10.9. The molecule has 3 aromatic rings. The van der Waals surface area contributed by atoms with Crippen molar-refractivity contribution < 1.29 is 27.6 Å². The van der Waals surface area contributed by atoms with Gasteiger partial charge in [0.15, 0.2) is 0 Å². The topological polar surface area (TPSA) is 92.3 Å². The Balaban J connectivity index is 1.72. The van der Waals surface area contributed by atoms with Gasteiger partial charge in [0.1, 0.15) is 5.41 Å². The van der Waals surface area contributed by atoms with Gasteiger partial charge >= 0.3 is 12.2 Å². The zero-order valence-corrected chi connectivity index (χ0v) is 18.5. The molecule has 0 spiro atoms. The molecule has 0 saturated carbocycles. The number of hydrogen-bond acceptors (Lipinski definition) is 5. The Hall–Kier alpha value is -4.08. The zero-order valence-electron chi connectivity index (χ0n) is 18.5. The molecule has 1 aromatic carbocycles. The lowest BCUT2D eigenvalue weighted by atomic mass is 9.74. The molecule has 0 atom stereocenters. The molecule has 180 valence electrons. The Morgan fingerprint density at radius 2 is 1.43 bits per heavy atom. The lowest BCUT2D eigenvalue weighted by Crippen LogP contribution is -2.64. The highest BCUT2D eigenvalue weighted by Gasteiger charge is 2.53. The lowest BCUT2D eigenvalue weighted by Gasteiger charge is -2.39. The van der Waals surface area contributed by atoms with Crippen LogP contribution in [-0.4, -0.2) is 27.8 Å². The molecule has 10 heteroatoms. The zero-order chi connectivity index (χ0) is 25.1. The van der Waals surface area contributed by atoms with Crippen LogP contribution in [0.5, 0.6) is 0 Å². The molecule has 35 heavy (non-hydrogen) atoms. The predicted octanol–water partition coefficient (Wildman–Crippen LogP) is 4.33. The van der Waals surface area contributed by atoms with Gasteiger partial charge in [0.25, 0.3) is 5.91 Å². The number of barbiturate groups is 1. The second-order valence-corrected chi connectivity index (χ2v) is 8.17. The number of alkyl halides is 3. The number of amides is 4. The first kappa shape index (κ1) is 24.1. The molecule has 1 aliphatic rings. The Bertz CT molecular complexity index is 1190. The second kappa shape index (κ2) is 9.65. The van der Waals surface area contributed by atoms with Crippen LogP contribution in [0, 0.1) is 5.41 Å². The van der Waals surface area contributed by atoms with Crippen LogP contribution in [0.1, 0.15) is 29.8 Å². The van der Waals surface area contributed by atoms with Crippen LogP contribution in [0.3, 0.4) is 0 Å². The van der Waals surface area contributed by atoms with Gasteiger partial charge in [0.2, 0.25) is 5.91 Å². The third kappa shape index (κ3) is 5.06. The number of carbonyl (C=O) groups is 3. The van der Waals surface area contributed by atoms with Gasteiger partial charge in [-0.3, -0.25) is 24.9 Å². The van der Waals surface area contributed by atoms with Gasteiger partial charge in [-0.2, -0.15) is 13.2 Å². The van der Waals surface area contributed by atoms with Gasteiger partial charge in [-0.15, -0.1) is 0 Å². The lowest BCUT2D eigenvalue weighted by molar-refractivity contribution is -0.144. The van der Waals surface area contributed by atoms with E-state index in [4.69, 9.17) is 0 Å². The van der Waals surface area contributed by atoms with E-state index in [1.54, 1.807) is 48.8 Å². The SMILES string of the molecule is O=C1NC(=O)C(CCc2ccccn2)(CCc2ccccn2)C(=O)N1c1cccc(C(F)(F)F)c1. The number of aromatic nitrogens is 2. The molecule has 0 unspecified atom stereocenters. The van der Waals surface area contributed by atoms with Crippen LogP contribution in [0.2, 0.25) is 0 Å². The van der Waals surface area contributed by atoms with E-state index in [2.05, 4.69) is 15.3 Å². The number of carbonyl (C=O) groups excluding carboxylic acids is 3. The second-order valence-electron chi connectivity index (χ2n) is 8.17. The molecule has 4 rings (SSSR count). The molecule has 1 N–H and O–H groups in total. The minimum atomic E-state index is -4.67. The molecule has 1 fully saturated rings. The van der Waals surface area contributed by atoms with Crippen LogP contribution >= 0.6 is 0 Å². The highest BCUT2D eigenvalue weighted by Crippen LogP contribution is 2.38. The van der Waals surface area contributed by atoms with E-state index in [1.807, 2.05) is 0 Å². The van der Waals surface area contributed by atoms with E-state index in [1.165, 1.54) is 6.07 Å². The number of imide groups is 2. The molecular formula is C25H21F3N4O3. The molecule has 1 aliphatic heterocycles. The summed E-state index contributed by atoms with van der Waals surface area (Å²) < 4.78 is 39.9. The summed E-state index contributed by atoms with van der Waals surface area (Å²) >= 11 is 0. The van der Waals surface area contributed by atoms with Crippen molar-refractivity contribution in [1.82, 2.24) is 15.3 Å². The number of urea groups is 1. The van der Waals surface area contributed by atoms with E-state index >= 15 is 0 Å². The van der Waals surface area contributed by atoms with Gasteiger partial charge in [0, 0.05) is 23.8 Å². The molecule has 0 radical (unpaired) electrons. The summed E-state index contributed by atoms with van der Waals surface area (Å²) in [6.07, 6.45) is -1.02. The number of nitrogens with one attached hydrogen (secondary N) is 1. The molecule has 1 saturated heterocycles. The average Bonchev–Trinajstić information content (AvgIpc) is 2.84. The number of aryl methyl sites for hydroxylation is 2. The summed E-state index contributed by atoms with van der Waals surface area (Å²) in [6.45, 7) is 0. The van der Waals surface area contributed by atoms with Gasteiger partial charge < -0.3 is 0 Å². The summed E-state index contributed by atoms with van der Waals surface area (Å²) in [5.41, 5.74) is -1.73. The normalized spacial score (nSPS) is 15.7. The number of nitrogens with zero attached hydrogens (tertiary/aromatic N) is 3. The van der Waals surface area contributed by atoms with Crippen LogP contribution in [-0.2, 0) is 28.6 Å². The van der Waals surface area contributed by atoms with Crippen molar-refractivity contribution >= 4 is 23.5 Å². The fourth-order valence-corrected chi connectivity index (χ4v) is 4.07. The molecule has 2 aromatic heterocycles. The van der Waals surface area contributed by atoms with E-state index in [0.29, 0.717) is 16.3 Å². The minimum absolute atomic E-state index is 0.00422. The van der Waals surface area contributed by atoms with E-state index in [0.717, 1.165) is 18.2 Å². The predicted molar refractivity (Wildman–Crippen MR) is 120 cm³/mol. The Morgan fingerprint density at radius 3 is 1.94 bits per heavy atom.